The summed E-state index contributed by atoms with van der Waals surface area (Å²) in [5.74, 6) is 0. The van der Waals surface area contributed by atoms with Gasteiger partial charge in [-0.2, -0.15) is 5.10 Å². The minimum absolute atomic E-state index is 0.798. The minimum atomic E-state index is 0.798. The molecule has 1 heterocycles. The second-order valence-electron chi connectivity index (χ2n) is 4.95. The third-order valence-corrected chi connectivity index (χ3v) is 4.61. The van der Waals surface area contributed by atoms with E-state index < -0.39 is 0 Å². The van der Waals surface area contributed by atoms with Crippen LogP contribution in [0.25, 0.3) is 0 Å². The Labute approximate surface area is 135 Å². The zero-order chi connectivity index (χ0) is 15.4. The monoisotopic (exact) mass is 350 g/mol. The van der Waals surface area contributed by atoms with Crippen molar-refractivity contribution in [1.29, 1.82) is 0 Å². The molecule has 2 aromatic rings. The molecule has 0 spiro atoms. The summed E-state index contributed by atoms with van der Waals surface area (Å²) in [7, 11) is 0. The van der Waals surface area contributed by atoms with Gasteiger partial charge in [0.1, 0.15) is 0 Å². The van der Waals surface area contributed by atoms with E-state index in [1.807, 2.05) is 18.2 Å². The van der Waals surface area contributed by atoms with Crippen molar-refractivity contribution in [2.45, 2.75) is 40.3 Å². The number of nitrogen functional groups attached to an aromatic ring is 1. The van der Waals surface area contributed by atoms with Gasteiger partial charge in [-0.25, -0.2) is 0 Å². The molecule has 114 valence electrons. The zero-order valence-electron chi connectivity index (χ0n) is 12.9. The summed E-state index contributed by atoms with van der Waals surface area (Å²) in [4.78, 5) is 2.28. The molecule has 21 heavy (non-hydrogen) atoms. The zero-order valence-corrected chi connectivity index (χ0v) is 14.5. The maximum Gasteiger partial charge on any atom is 0.0767 e. The highest BCUT2D eigenvalue weighted by molar-refractivity contribution is 9.10. The number of benzene rings is 1. The van der Waals surface area contributed by atoms with Crippen LogP contribution >= 0.6 is 15.9 Å². The van der Waals surface area contributed by atoms with Gasteiger partial charge in [0.25, 0.3) is 0 Å². The summed E-state index contributed by atoms with van der Waals surface area (Å²) >= 11 is 3.71. The predicted octanol–water partition coefficient (Wildman–Crippen LogP) is 3.84. The number of para-hydroxylation sites is 2. The highest BCUT2D eigenvalue weighted by atomic mass is 79.9. The number of aromatic nitrogens is 2. The molecule has 0 aliphatic heterocycles. The van der Waals surface area contributed by atoms with Crippen LogP contribution in [0.15, 0.2) is 28.7 Å². The van der Waals surface area contributed by atoms with Gasteiger partial charge < -0.3 is 10.6 Å². The van der Waals surface area contributed by atoms with Gasteiger partial charge in [-0.1, -0.05) is 19.1 Å². The lowest BCUT2D eigenvalue weighted by Crippen LogP contribution is -2.25. The fourth-order valence-corrected chi connectivity index (χ4v) is 3.18. The van der Waals surface area contributed by atoms with Gasteiger partial charge in [-0.15, -0.1) is 0 Å². The first kappa shape index (κ1) is 15.9. The van der Waals surface area contributed by atoms with E-state index in [-0.39, 0.29) is 0 Å². The first-order chi connectivity index (χ1) is 10.1. The number of rotatable bonds is 6. The lowest BCUT2D eigenvalue weighted by Gasteiger charge is -2.25. The molecule has 5 heteroatoms. The smallest absolute Gasteiger partial charge is 0.0767 e. The second kappa shape index (κ2) is 6.98. The summed E-state index contributed by atoms with van der Waals surface area (Å²) in [5, 5.41) is 4.66. The van der Waals surface area contributed by atoms with E-state index in [1.54, 1.807) is 0 Å². The van der Waals surface area contributed by atoms with Gasteiger partial charge in [0.15, 0.2) is 0 Å². The van der Waals surface area contributed by atoms with Crippen LogP contribution in [0.4, 0.5) is 11.4 Å². The maximum absolute atomic E-state index is 6.11. The molecule has 0 radical (unpaired) electrons. The summed E-state index contributed by atoms with van der Waals surface area (Å²) in [6.45, 7) is 8.96. The molecule has 4 nitrogen and oxygen atoms in total. The predicted molar refractivity (Wildman–Crippen MR) is 92.6 cm³/mol. The van der Waals surface area contributed by atoms with Gasteiger partial charge in [-0.3, -0.25) is 4.68 Å². The van der Waals surface area contributed by atoms with E-state index in [0.29, 0.717) is 0 Å². The number of hydrogen-bond acceptors (Lipinski definition) is 3. The molecule has 0 aliphatic rings. The Balaban J connectivity index is 2.35. The van der Waals surface area contributed by atoms with Crippen molar-refractivity contribution in [3.8, 4) is 0 Å². The van der Waals surface area contributed by atoms with E-state index >= 15 is 0 Å². The van der Waals surface area contributed by atoms with Crippen LogP contribution in [0.3, 0.4) is 0 Å². The Morgan fingerprint density at radius 2 is 1.95 bits per heavy atom. The molecule has 0 aliphatic carbocycles. The van der Waals surface area contributed by atoms with Crippen LogP contribution in [0, 0.1) is 0 Å². The van der Waals surface area contributed by atoms with Crippen molar-refractivity contribution in [1.82, 2.24) is 9.78 Å². The Kier molecular flexibility index (Phi) is 5.28. The molecule has 0 fully saturated rings. The third kappa shape index (κ3) is 3.23. The number of hydrogen-bond donors (Lipinski definition) is 1. The third-order valence-electron chi connectivity index (χ3n) is 3.69. The lowest BCUT2D eigenvalue weighted by molar-refractivity contribution is 0.604. The van der Waals surface area contributed by atoms with E-state index in [2.05, 4.69) is 57.4 Å². The highest BCUT2D eigenvalue weighted by Gasteiger charge is 2.17. The van der Waals surface area contributed by atoms with E-state index in [9.17, 15) is 0 Å². The molecule has 1 aromatic carbocycles. The average Bonchev–Trinajstić information content (AvgIpc) is 2.81. The summed E-state index contributed by atoms with van der Waals surface area (Å²) in [5.41, 5.74) is 10.3. The van der Waals surface area contributed by atoms with Gasteiger partial charge in [-0.05, 0) is 48.3 Å². The molecule has 1 aromatic heterocycles. The SMILES string of the molecule is CCc1nn(CC)c(CN(CC)c2ccccc2N)c1Br. The van der Waals surface area contributed by atoms with Crippen molar-refractivity contribution >= 4 is 27.3 Å². The molecule has 0 saturated heterocycles. The fraction of sp³-hybridized carbons (Fsp3) is 0.438. The van der Waals surface area contributed by atoms with Crippen LogP contribution in [0.5, 0.6) is 0 Å². The number of nitrogens with zero attached hydrogens (tertiary/aromatic N) is 3. The van der Waals surface area contributed by atoms with Crippen LogP contribution in [-0.2, 0) is 19.5 Å². The maximum atomic E-state index is 6.11. The van der Waals surface area contributed by atoms with Crippen molar-refractivity contribution in [3.63, 3.8) is 0 Å². The molecule has 2 N–H and O–H groups in total. The van der Waals surface area contributed by atoms with Gasteiger partial charge >= 0.3 is 0 Å². The van der Waals surface area contributed by atoms with Gasteiger partial charge in [0.05, 0.1) is 33.8 Å². The lowest BCUT2D eigenvalue weighted by atomic mass is 10.2. The van der Waals surface area contributed by atoms with Crippen LogP contribution < -0.4 is 10.6 Å². The molecule has 0 atom stereocenters. The van der Waals surface area contributed by atoms with Crippen molar-refractivity contribution in [2.24, 2.45) is 0 Å². The number of halogens is 1. The fourth-order valence-electron chi connectivity index (χ4n) is 2.49. The molecule has 2 rings (SSSR count). The largest absolute Gasteiger partial charge is 0.397 e. The van der Waals surface area contributed by atoms with Crippen LogP contribution in [0.2, 0.25) is 0 Å². The number of nitrogens with two attached hydrogens (primary N) is 1. The van der Waals surface area contributed by atoms with Crippen LogP contribution in [0.1, 0.15) is 32.2 Å². The standard InChI is InChI=1S/C16H23BrN4/c1-4-13-16(17)15(21(6-3)19-13)11-20(5-2)14-10-8-7-9-12(14)18/h7-10H,4-6,11,18H2,1-3H3. The molecule has 0 amide bonds. The summed E-state index contributed by atoms with van der Waals surface area (Å²) in [6, 6.07) is 8.01. The number of anilines is 2. The summed E-state index contributed by atoms with van der Waals surface area (Å²) in [6.07, 6.45) is 0.931. The molecule has 0 bridgehead atoms. The van der Waals surface area contributed by atoms with E-state index in [4.69, 9.17) is 5.73 Å². The quantitative estimate of drug-likeness (QED) is 0.805. The average molecular weight is 351 g/mol. The Morgan fingerprint density at radius 3 is 2.52 bits per heavy atom. The molecule has 0 saturated carbocycles. The van der Waals surface area contributed by atoms with Crippen LogP contribution in [-0.4, -0.2) is 16.3 Å². The molecule has 0 unspecified atom stereocenters. The first-order valence-electron chi connectivity index (χ1n) is 7.45. The molecular weight excluding hydrogens is 328 g/mol. The molecular formula is C16H23BrN4. The van der Waals surface area contributed by atoms with Gasteiger partial charge in [0, 0.05) is 13.1 Å². The Bertz CT molecular complexity index is 606. The first-order valence-corrected chi connectivity index (χ1v) is 8.25. The van der Waals surface area contributed by atoms with Gasteiger partial charge in [0.2, 0.25) is 0 Å². The van der Waals surface area contributed by atoms with Crippen molar-refractivity contribution < 1.29 is 0 Å². The topological polar surface area (TPSA) is 47.1 Å². The highest BCUT2D eigenvalue weighted by Crippen LogP contribution is 2.28. The normalized spacial score (nSPS) is 10.9. The number of aryl methyl sites for hydroxylation is 2. The van der Waals surface area contributed by atoms with E-state index in [0.717, 1.165) is 47.6 Å². The summed E-state index contributed by atoms with van der Waals surface area (Å²) < 4.78 is 3.20. The Hall–Kier alpha value is -1.49. The Morgan fingerprint density at radius 1 is 1.24 bits per heavy atom. The van der Waals surface area contributed by atoms with Crippen molar-refractivity contribution in [2.75, 3.05) is 17.2 Å². The minimum Gasteiger partial charge on any atom is -0.397 e. The second-order valence-corrected chi connectivity index (χ2v) is 5.74. The van der Waals surface area contributed by atoms with Crippen molar-refractivity contribution in [3.05, 3.63) is 40.1 Å². The van der Waals surface area contributed by atoms with E-state index in [1.165, 1.54) is 5.69 Å².